The topological polar surface area (TPSA) is 123 Å². The van der Waals surface area contributed by atoms with Crippen LogP contribution >= 0.6 is 11.3 Å². The van der Waals surface area contributed by atoms with Gasteiger partial charge >= 0.3 is 5.69 Å². The van der Waals surface area contributed by atoms with Crippen molar-refractivity contribution in [3.8, 4) is 5.75 Å². The van der Waals surface area contributed by atoms with Crippen molar-refractivity contribution in [3.63, 3.8) is 0 Å². The lowest BCUT2D eigenvalue weighted by molar-refractivity contribution is -0.385. The highest BCUT2D eigenvalue weighted by atomic mass is 32.1. The third-order valence-electron chi connectivity index (χ3n) is 3.97. The summed E-state index contributed by atoms with van der Waals surface area (Å²) in [7, 11) is 0. The number of hydrogen-bond acceptors (Lipinski definition) is 7. The summed E-state index contributed by atoms with van der Waals surface area (Å²) in [5.74, 6) is -0.749. The molecule has 0 fully saturated rings. The first-order valence-corrected chi connectivity index (χ1v) is 9.99. The number of nitro groups is 1. The van der Waals surface area contributed by atoms with Crippen molar-refractivity contribution in [1.82, 2.24) is 10.7 Å². The Hall–Kier alpha value is -4.05. The van der Waals surface area contributed by atoms with E-state index in [-0.39, 0.29) is 30.5 Å². The van der Waals surface area contributed by atoms with E-state index in [1.807, 2.05) is 30.3 Å². The van der Waals surface area contributed by atoms with Crippen LogP contribution in [0.3, 0.4) is 0 Å². The van der Waals surface area contributed by atoms with Gasteiger partial charge in [-0.3, -0.25) is 19.7 Å². The van der Waals surface area contributed by atoms with Crippen LogP contribution in [0.4, 0.5) is 5.69 Å². The molecule has 10 heteroatoms. The van der Waals surface area contributed by atoms with Crippen molar-refractivity contribution in [2.45, 2.75) is 6.61 Å². The molecular formula is C21H18N4O5S. The van der Waals surface area contributed by atoms with Gasteiger partial charge in [-0.1, -0.05) is 36.4 Å². The van der Waals surface area contributed by atoms with Gasteiger partial charge in [-0.25, -0.2) is 5.43 Å². The van der Waals surface area contributed by atoms with E-state index in [2.05, 4.69) is 15.8 Å². The maximum Gasteiger partial charge on any atom is 0.311 e. The number of benzene rings is 2. The molecule has 1 aromatic heterocycles. The van der Waals surface area contributed by atoms with Gasteiger partial charge in [0.2, 0.25) is 0 Å². The summed E-state index contributed by atoms with van der Waals surface area (Å²) in [5.41, 5.74) is 3.34. The van der Waals surface area contributed by atoms with Crippen LogP contribution < -0.4 is 15.5 Å². The van der Waals surface area contributed by atoms with Gasteiger partial charge in [0.05, 0.1) is 22.6 Å². The van der Waals surface area contributed by atoms with Crippen LogP contribution in [0.5, 0.6) is 5.75 Å². The lowest BCUT2D eigenvalue weighted by Crippen LogP contribution is -2.34. The molecule has 0 unspecified atom stereocenters. The summed E-state index contributed by atoms with van der Waals surface area (Å²) in [6, 6.07) is 17.1. The second kappa shape index (κ2) is 10.6. The molecule has 2 amide bonds. The first-order chi connectivity index (χ1) is 15.0. The monoisotopic (exact) mass is 438 g/mol. The van der Waals surface area contributed by atoms with Crippen LogP contribution in [0.25, 0.3) is 0 Å². The molecule has 3 aromatic rings. The predicted octanol–water partition coefficient (Wildman–Crippen LogP) is 3.12. The summed E-state index contributed by atoms with van der Waals surface area (Å²) in [4.78, 5) is 34.9. The van der Waals surface area contributed by atoms with E-state index in [1.165, 1.54) is 29.7 Å². The van der Waals surface area contributed by atoms with Crippen molar-refractivity contribution in [1.29, 1.82) is 0 Å². The molecule has 2 aromatic carbocycles. The zero-order valence-corrected chi connectivity index (χ0v) is 17.0. The van der Waals surface area contributed by atoms with Crippen LogP contribution in [-0.4, -0.2) is 29.5 Å². The first-order valence-electron chi connectivity index (χ1n) is 9.11. The Morgan fingerprint density at radius 2 is 1.94 bits per heavy atom. The van der Waals surface area contributed by atoms with E-state index < -0.39 is 10.8 Å². The van der Waals surface area contributed by atoms with Gasteiger partial charge in [-0.15, -0.1) is 11.3 Å². The molecule has 0 aliphatic heterocycles. The minimum absolute atomic E-state index is 0.131. The highest BCUT2D eigenvalue weighted by Gasteiger charge is 2.16. The molecule has 158 valence electrons. The fourth-order valence-corrected chi connectivity index (χ4v) is 3.13. The molecular weight excluding hydrogens is 420 g/mol. The zero-order chi connectivity index (χ0) is 22.1. The largest absolute Gasteiger partial charge is 0.482 e. The minimum atomic E-state index is -0.545. The van der Waals surface area contributed by atoms with Gasteiger partial charge in [0.1, 0.15) is 6.61 Å². The van der Waals surface area contributed by atoms with Gasteiger partial charge in [0, 0.05) is 11.6 Å². The normalized spacial score (nSPS) is 10.6. The number of carbonyl (C=O) groups excluding carboxylic acids is 2. The number of hydrogen-bond donors (Lipinski definition) is 2. The molecule has 0 saturated carbocycles. The molecule has 0 radical (unpaired) electrons. The summed E-state index contributed by atoms with van der Waals surface area (Å²) in [5, 5.41) is 19.4. The fraction of sp³-hybridized carbons (Fsp3) is 0.0952. The van der Waals surface area contributed by atoms with E-state index in [4.69, 9.17) is 4.74 Å². The van der Waals surface area contributed by atoms with Gasteiger partial charge in [0.25, 0.3) is 11.8 Å². The van der Waals surface area contributed by atoms with E-state index in [0.717, 1.165) is 5.56 Å². The molecule has 9 nitrogen and oxygen atoms in total. The van der Waals surface area contributed by atoms with Crippen molar-refractivity contribution >= 4 is 35.1 Å². The smallest absolute Gasteiger partial charge is 0.311 e. The lowest BCUT2D eigenvalue weighted by Gasteiger charge is -2.07. The Morgan fingerprint density at radius 3 is 2.65 bits per heavy atom. The van der Waals surface area contributed by atoms with Crippen molar-refractivity contribution in [2.75, 3.05) is 6.54 Å². The number of nitrogens with one attached hydrogen (secondary N) is 2. The maximum atomic E-state index is 11.8. The second-order valence-electron chi connectivity index (χ2n) is 6.21. The number of ether oxygens (including phenoxy) is 1. The van der Waals surface area contributed by atoms with Gasteiger partial charge < -0.3 is 10.1 Å². The van der Waals surface area contributed by atoms with Crippen LogP contribution in [0.1, 0.15) is 20.8 Å². The predicted molar refractivity (Wildman–Crippen MR) is 116 cm³/mol. The Morgan fingerprint density at radius 1 is 1.13 bits per heavy atom. The lowest BCUT2D eigenvalue weighted by atomic mass is 10.2. The van der Waals surface area contributed by atoms with Crippen LogP contribution in [0.15, 0.2) is 71.1 Å². The highest BCUT2D eigenvalue weighted by Crippen LogP contribution is 2.28. The third kappa shape index (κ3) is 6.47. The molecule has 1 heterocycles. The maximum absolute atomic E-state index is 11.8. The minimum Gasteiger partial charge on any atom is -0.482 e. The molecule has 0 bridgehead atoms. The summed E-state index contributed by atoms with van der Waals surface area (Å²) in [6.45, 7) is -0.0527. The fourth-order valence-electron chi connectivity index (χ4n) is 2.49. The Bertz CT molecular complexity index is 1080. The average molecular weight is 438 g/mol. The molecule has 0 saturated heterocycles. The van der Waals surface area contributed by atoms with E-state index in [0.29, 0.717) is 10.4 Å². The van der Waals surface area contributed by atoms with Crippen molar-refractivity contribution in [3.05, 3.63) is 92.2 Å². The van der Waals surface area contributed by atoms with Crippen LogP contribution in [0, 0.1) is 10.1 Å². The third-order valence-corrected chi connectivity index (χ3v) is 4.84. The van der Waals surface area contributed by atoms with Gasteiger partial charge in [-0.05, 0) is 29.1 Å². The van der Waals surface area contributed by atoms with Gasteiger partial charge in [0.15, 0.2) is 5.75 Å². The molecule has 0 aliphatic carbocycles. The Labute approximate surface area is 181 Å². The number of hydrazone groups is 1. The molecule has 31 heavy (non-hydrogen) atoms. The average Bonchev–Trinajstić information content (AvgIpc) is 3.32. The number of rotatable bonds is 9. The van der Waals surface area contributed by atoms with Crippen LogP contribution in [-0.2, 0) is 11.4 Å². The van der Waals surface area contributed by atoms with Gasteiger partial charge in [-0.2, -0.15) is 5.10 Å². The summed E-state index contributed by atoms with van der Waals surface area (Å²) < 4.78 is 5.57. The molecule has 3 rings (SSSR count). The van der Waals surface area contributed by atoms with E-state index in [1.54, 1.807) is 23.6 Å². The number of nitrogens with zero attached hydrogens (tertiary/aromatic N) is 2. The zero-order valence-electron chi connectivity index (χ0n) is 16.2. The molecule has 0 atom stereocenters. The Balaban J connectivity index is 1.55. The van der Waals surface area contributed by atoms with Crippen molar-refractivity contribution in [2.24, 2.45) is 5.10 Å². The number of amides is 2. The quantitative estimate of drug-likeness (QED) is 0.302. The van der Waals surface area contributed by atoms with E-state index in [9.17, 15) is 19.7 Å². The second-order valence-corrected chi connectivity index (χ2v) is 7.16. The number of nitro benzene ring substituents is 1. The van der Waals surface area contributed by atoms with Crippen LogP contribution in [0.2, 0.25) is 0 Å². The Kier molecular flexibility index (Phi) is 7.44. The standard InChI is InChI=1S/C21H18N4O5S/c26-20(13-22-21(27)19-7-4-10-31-19)24-23-12-16-8-9-18(17(11-16)25(28)29)30-14-15-5-2-1-3-6-15/h1-12H,13-14H2,(H,22,27)(H,24,26). The first kappa shape index (κ1) is 21.7. The molecule has 0 spiro atoms. The molecule has 2 N–H and O–H groups in total. The summed E-state index contributed by atoms with van der Waals surface area (Å²) >= 11 is 1.27. The SMILES string of the molecule is O=C(CNC(=O)c1cccs1)NN=Cc1ccc(OCc2ccccc2)c([N+](=O)[O-])c1. The van der Waals surface area contributed by atoms with Crippen molar-refractivity contribution < 1.29 is 19.2 Å². The number of carbonyl (C=O) groups is 2. The number of thiophene rings is 1. The summed E-state index contributed by atoms with van der Waals surface area (Å²) in [6.07, 6.45) is 1.27. The molecule has 0 aliphatic rings. The highest BCUT2D eigenvalue weighted by molar-refractivity contribution is 7.12. The van der Waals surface area contributed by atoms with E-state index >= 15 is 0 Å².